The molecule has 0 aromatic heterocycles. The van der Waals surface area contributed by atoms with E-state index in [1.807, 2.05) is 0 Å². The van der Waals surface area contributed by atoms with E-state index in [2.05, 4.69) is 4.74 Å². The van der Waals surface area contributed by atoms with Crippen molar-refractivity contribution in [3.63, 3.8) is 0 Å². The molecule has 0 unspecified atom stereocenters. The molecule has 14 heavy (non-hydrogen) atoms. The summed E-state index contributed by atoms with van der Waals surface area (Å²) in [6.07, 6.45) is -4.60. The fraction of sp³-hybridized carbons (Fsp3) is 0.333. The van der Waals surface area contributed by atoms with Crippen LogP contribution in [-0.4, -0.2) is 7.11 Å². The second kappa shape index (κ2) is 3.48. The third kappa shape index (κ3) is 1.81. The lowest BCUT2D eigenvalue weighted by atomic mass is 10.1. The Kier molecular flexibility index (Phi) is 2.69. The number of alkyl halides is 3. The van der Waals surface area contributed by atoms with Gasteiger partial charge in [-0.1, -0.05) is 0 Å². The highest BCUT2D eigenvalue weighted by Crippen LogP contribution is 2.39. The monoisotopic (exact) mass is 208 g/mol. The van der Waals surface area contributed by atoms with Gasteiger partial charge in [0.2, 0.25) is 0 Å². The first-order chi connectivity index (χ1) is 6.38. The van der Waals surface area contributed by atoms with Gasteiger partial charge in [-0.15, -0.1) is 0 Å². The van der Waals surface area contributed by atoms with Crippen LogP contribution >= 0.6 is 0 Å². The van der Waals surface area contributed by atoms with Gasteiger partial charge in [0, 0.05) is 5.56 Å². The summed E-state index contributed by atoms with van der Waals surface area (Å²) in [4.78, 5) is 0. The van der Waals surface area contributed by atoms with Gasteiger partial charge in [0.1, 0.15) is 17.1 Å². The molecule has 0 saturated carbocycles. The van der Waals surface area contributed by atoms with Crippen molar-refractivity contribution in [1.82, 2.24) is 0 Å². The first kappa shape index (κ1) is 10.8. The smallest absolute Gasteiger partial charge is 0.420 e. The van der Waals surface area contributed by atoms with Gasteiger partial charge in [-0.2, -0.15) is 13.2 Å². The molecule has 5 heteroatoms. The molecule has 1 rings (SSSR count). The number of ether oxygens (including phenoxy) is 1. The highest BCUT2D eigenvalue weighted by atomic mass is 19.4. The number of hydrogen-bond acceptors (Lipinski definition) is 1. The van der Waals surface area contributed by atoms with Gasteiger partial charge in [0.25, 0.3) is 0 Å². The molecule has 0 spiro atoms. The van der Waals surface area contributed by atoms with Crippen molar-refractivity contribution >= 4 is 0 Å². The zero-order chi connectivity index (χ0) is 10.9. The van der Waals surface area contributed by atoms with Gasteiger partial charge in [0.15, 0.2) is 0 Å². The van der Waals surface area contributed by atoms with Crippen molar-refractivity contribution in [2.24, 2.45) is 0 Å². The van der Waals surface area contributed by atoms with Crippen LogP contribution in [0.4, 0.5) is 17.6 Å². The normalized spacial score (nSPS) is 11.6. The molecule has 0 aliphatic rings. The molecule has 0 amide bonds. The predicted molar refractivity (Wildman–Crippen MR) is 42.7 cm³/mol. The molecule has 0 bridgehead atoms. The van der Waals surface area contributed by atoms with Crippen LogP contribution in [0.5, 0.6) is 5.75 Å². The van der Waals surface area contributed by atoms with E-state index in [9.17, 15) is 17.6 Å². The lowest BCUT2D eigenvalue weighted by molar-refractivity contribution is -0.139. The highest BCUT2D eigenvalue weighted by molar-refractivity contribution is 5.42. The lowest BCUT2D eigenvalue weighted by Crippen LogP contribution is -2.11. The molecule has 0 N–H and O–H groups in total. The van der Waals surface area contributed by atoms with E-state index in [4.69, 9.17) is 0 Å². The van der Waals surface area contributed by atoms with Gasteiger partial charge in [-0.05, 0) is 19.1 Å². The highest BCUT2D eigenvalue weighted by Gasteiger charge is 2.37. The van der Waals surface area contributed by atoms with Crippen LogP contribution in [0.3, 0.4) is 0 Å². The van der Waals surface area contributed by atoms with Crippen molar-refractivity contribution in [1.29, 1.82) is 0 Å². The van der Waals surface area contributed by atoms with Crippen molar-refractivity contribution in [3.8, 4) is 5.75 Å². The average molecular weight is 208 g/mol. The van der Waals surface area contributed by atoms with Crippen LogP contribution in [0.1, 0.15) is 11.1 Å². The third-order valence-corrected chi connectivity index (χ3v) is 1.86. The number of benzene rings is 1. The van der Waals surface area contributed by atoms with Crippen LogP contribution in [0, 0.1) is 12.7 Å². The maximum absolute atomic E-state index is 12.9. The molecule has 0 aliphatic carbocycles. The Morgan fingerprint density at radius 1 is 1.21 bits per heavy atom. The minimum absolute atomic E-state index is 0.364. The molecule has 0 heterocycles. The molecule has 0 radical (unpaired) electrons. The summed E-state index contributed by atoms with van der Waals surface area (Å²) in [6.45, 7) is 1.07. The van der Waals surface area contributed by atoms with E-state index in [1.54, 1.807) is 0 Å². The van der Waals surface area contributed by atoms with Gasteiger partial charge in [-0.25, -0.2) is 4.39 Å². The van der Waals surface area contributed by atoms with E-state index >= 15 is 0 Å². The lowest BCUT2D eigenvalue weighted by Gasteiger charge is -2.14. The number of methoxy groups -OCH3 is 1. The van der Waals surface area contributed by atoms with Crippen molar-refractivity contribution < 1.29 is 22.3 Å². The Labute approximate surface area is 78.3 Å². The van der Waals surface area contributed by atoms with Gasteiger partial charge >= 0.3 is 6.18 Å². The minimum atomic E-state index is -4.60. The Morgan fingerprint density at radius 2 is 1.79 bits per heavy atom. The summed E-state index contributed by atoms with van der Waals surface area (Å²) in [6, 6.07) is 1.91. The fourth-order valence-corrected chi connectivity index (χ4v) is 1.18. The van der Waals surface area contributed by atoms with Gasteiger partial charge < -0.3 is 4.74 Å². The maximum Gasteiger partial charge on any atom is 0.420 e. The molecule has 0 saturated heterocycles. The Morgan fingerprint density at radius 3 is 2.21 bits per heavy atom. The summed E-state index contributed by atoms with van der Waals surface area (Å²) in [5, 5.41) is 0. The first-order valence-corrected chi connectivity index (χ1v) is 3.78. The summed E-state index contributed by atoms with van der Waals surface area (Å²) in [5.41, 5.74) is -1.50. The van der Waals surface area contributed by atoms with E-state index in [0.717, 1.165) is 26.2 Å². The Hall–Kier alpha value is -1.26. The van der Waals surface area contributed by atoms with E-state index in [-0.39, 0.29) is 5.75 Å². The minimum Gasteiger partial charge on any atom is -0.496 e. The summed E-state index contributed by atoms with van der Waals surface area (Å²) in [7, 11) is 1.11. The van der Waals surface area contributed by atoms with E-state index in [1.165, 1.54) is 0 Å². The molecule has 1 aromatic rings. The second-order valence-electron chi connectivity index (χ2n) is 2.75. The zero-order valence-electron chi connectivity index (χ0n) is 7.57. The molecular formula is C9H8F4O. The third-order valence-electron chi connectivity index (χ3n) is 1.86. The van der Waals surface area contributed by atoms with Crippen LogP contribution in [0.15, 0.2) is 12.1 Å². The predicted octanol–water partition coefficient (Wildman–Crippen LogP) is 3.16. The van der Waals surface area contributed by atoms with Crippen LogP contribution < -0.4 is 4.74 Å². The summed E-state index contributed by atoms with van der Waals surface area (Å²) in [5.74, 6) is -1.26. The van der Waals surface area contributed by atoms with Crippen molar-refractivity contribution in [2.45, 2.75) is 13.1 Å². The molecule has 78 valence electrons. The molecule has 0 fully saturated rings. The van der Waals surface area contributed by atoms with Crippen LogP contribution in [0.2, 0.25) is 0 Å². The Bertz CT molecular complexity index is 343. The SMILES string of the molecule is COc1ccc(F)c(C)c1C(F)(F)F. The van der Waals surface area contributed by atoms with Crippen molar-refractivity contribution in [2.75, 3.05) is 7.11 Å². The largest absolute Gasteiger partial charge is 0.496 e. The summed E-state index contributed by atoms with van der Waals surface area (Å²) >= 11 is 0. The number of rotatable bonds is 1. The van der Waals surface area contributed by atoms with Crippen LogP contribution in [-0.2, 0) is 6.18 Å². The van der Waals surface area contributed by atoms with Gasteiger partial charge in [0.05, 0.1) is 7.11 Å². The molecule has 0 aliphatic heterocycles. The molecule has 1 aromatic carbocycles. The van der Waals surface area contributed by atoms with E-state index in [0.29, 0.717) is 0 Å². The summed E-state index contributed by atoms with van der Waals surface area (Å²) < 4.78 is 54.7. The van der Waals surface area contributed by atoms with E-state index < -0.39 is 23.1 Å². The van der Waals surface area contributed by atoms with Crippen molar-refractivity contribution in [3.05, 3.63) is 29.1 Å². The quantitative estimate of drug-likeness (QED) is 0.644. The number of halogens is 4. The molecule has 1 nitrogen and oxygen atoms in total. The molecular weight excluding hydrogens is 200 g/mol. The zero-order valence-corrected chi connectivity index (χ0v) is 7.57. The second-order valence-corrected chi connectivity index (χ2v) is 2.75. The Balaban J connectivity index is 3.44. The topological polar surface area (TPSA) is 9.23 Å². The van der Waals surface area contributed by atoms with Crippen LogP contribution in [0.25, 0.3) is 0 Å². The first-order valence-electron chi connectivity index (χ1n) is 3.78. The average Bonchev–Trinajstić information content (AvgIpc) is 2.07. The fourth-order valence-electron chi connectivity index (χ4n) is 1.18. The standard InChI is InChI=1S/C9H8F4O/c1-5-6(10)3-4-7(14-2)8(5)9(11,12)13/h3-4H,1-2H3. The molecule has 0 atom stereocenters. The van der Waals surface area contributed by atoms with Gasteiger partial charge in [-0.3, -0.25) is 0 Å². The number of hydrogen-bond donors (Lipinski definition) is 0. The maximum atomic E-state index is 12.9.